The molecule has 2 amide bonds. The highest BCUT2D eigenvalue weighted by atomic mass is 32.2. The van der Waals surface area contributed by atoms with Crippen molar-refractivity contribution in [2.45, 2.75) is 24.8 Å². The molecule has 128 valence electrons. The van der Waals surface area contributed by atoms with Crippen molar-refractivity contribution in [3.8, 4) is 0 Å². The largest absolute Gasteiger partial charge is 0.334 e. The summed E-state index contributed by atoms with van der Waals surface area (Å²) in [6, 6.07) is 8.06. The van der Waals surface area contributed by atoms with Gasteiger partial charge in [-0.1, -0.05) is 32.0 Å². The van der Waals surface area contributed by atoms with Crippen molar-refractivity contribution < 1.29 is 13.2 Å². The normalized spacial score (nSPS) is 22.3. The summed E-state index contributed by atoms with van der Waals surface area (Å²) in [7, 11) is -0.178. The van der Waals surface area contributed by atoms with Crippen LogP contribution in [0.3, 0.4) is 0 Å². The van der Waals surface area contributed by atoms with Gasteiger partial charge in [0.15, 0.2) is 0 Å². The number of carbonyl (C=O) groups excluding carboxylic acids is 1. The average Bonchev–Trinajstić information content (AvgIpc) is 2.93. The van der Waals surface area contributed by atoms with Crippen molar-refractivity contribution in [3.05, 3.63) is 30.3 Å². The summed E-state index contributed by atoms with van der Waals surface area (Å²) >= 11 is 0. The Labute approximate surface area is 138 Å². The first-order valence-electron chi connectivity index (χ1n) is 7.76. The van der Waals surface area contributed by atoms with Crippen LogP contribution < -0.4 is 5.32 Å². The number of hydrogen-bond acceptors (Lipinski definition) is 3. The molecule has 7 heteroatoms. The predicted molar refractivity (Wildman–Crippen MR) is 89.5 cm³/mol. The van der Waals surface area contributed by atoms with Crippen LogP contribution in [0.4, 0.5) is 4.79 Å². The lowest BCUT2D eigenvalue weighted by molar-refractivity contribution is 0.207. The molecule has 0 radical (unpaired) electrons. The zero-order valence-corrected chi connectivity index (χ0v) is 14.9. The molecule has 0 unspecified atom stereocenters. The fraction of sp³-hybridized carbons (Fsp3) is 0.562. The summed E-state index contributed by atoms with van der Waals surface area (Å²) in [6.07, 6.45) is 0. The highest BCUT2D eigenvalue weighted by molar-refractivity contribution is 7.89. The number of amides is 2. The molecule has 1 N–H and O–H groups in total. The monoisotopic (exact) mass is 339 g/mol. The molecule has 1 saturated heterocycles. The second kappa shape index (κ2) is 6.88. The Hall–Kier alpha value is -1.60. The van der Waals surface area contributed by atoms with E-state index in [1.54, 1.807) is 44.4 Å². The topological polar surface area (TPSA) is 69.7 Å². The molecular formula is C16H25N3O3S. The van der Waals surface area contributed by atoms with Gasteiger partial charge >= 0.3 is 6.03 Å². The van der Waals surface area contributed by atoms with Crippen LogP contribution in [0.25, 0.3) is 0 Å². The van der Waals surface area contributed by atoms with Crippen LogP contribution in [0.15, 0.2) is 35.2 Å². The van der Waals surface area contributed by atoms with E-state index in [0.29, 0.717) is 18.0 Å². The van der Waals surface area contributed by atoms with Gasteiger partial charge in [-0.25, -0.2) is 13.2 Å². The molecule has 0 spiro atoms. The third-order valence-corrected chi connectivity index (χ3v) is 6.13. The number of sulfonamides is 1. The molecule has 2 atom stereocenters. The van der Waals surface area contributed by atoms with Crippen molar-refractivity contribution in [3.63, 3.8) is 0 Å². The van der Waals surface area contributed by atoms with Gasteiger partial charge in [-0.05, 0) is 24.0 Å². The zero-order valence-electron chi connectivity index (χ0n) is 14.1. The lowest BCUT2D eigenvalue weighted by Crippen LogP contribution is -2.46. The fourth-order valence-corrected chi connectivity index (χ4v) is 4.37. The van der Waals surface area contributed by atoms with Gasteiger partial charge in [0, 0.05) is 33.2 Å². The van der Waals surface area contributed by atoms with E-state index in [2.05, 4.69) is 19.2 Å². The standard InChI is InChI=1S/C16H25N3O3S/c1-12(2)14-10-19(11-15(14)17-16(20)18(3)4)23(21,22)13-8-6-5-7-9-13/h5-9,12,14-15H,10-11H2,1-4H3,(H,17,20)/t14-,15+/m0/s1. The van der Waals surface area contributed by atoms with Crippen LogP contribution in [0.5, 0.6) is 0 Å². The molecule has 1 aromatic rings. The van der Waals surface area contributed by atoms with Gasteiger partial charge in [-0.15, -0.1) is 0 Å². The SMILES string of the molecule is CC(C)[C@@H]1CN(S(=O)(=O)c2ccccc2)C[C@H]1NC(=O)N(C)C. The number of hydrogen-bond donors (Lipinski definition) is 1. The molecule has 1 heterocycles. The van der Waals surface area contributed by atoms with E-state index in [1.807, 2.05) is 0 Å². The lowest BCUT2D eigenvalue weighted by Gasteiger charge is -2.24. The molecule has 0 aromatic heterocycles. The minimum atomic E-state index is -3.53. The molecule has 23 heavy (non-hydrogen) atoms. The van der Waals surface area contributed by atoms with Crippen LogP contribution in [0, 0.1) is 11.8 Å². The Morgan fingerprint density at radius 3 is 2.35 bits per heavy atom. The van der Waals surface area contributed by atoms with Crippen LogP contribution in [-0.4, -0.2) is 56.9 Å². The number of nitrogens with zero attached hydrogens (tertiary/aromatic N) is 2. The van der Waals surface area contributed by atoms with E-state index in [1.165, 1.54) is 9.21 Å². The van der Waals surface area contributed by atoms with Crippen molar-refractivity contribution in [1.29, 1.82) is 0 Å². The summed E-state index contributed by atoms with van der Waals surface area (Å²) in [5.41, 5.74) is 0. The Kier molecular flexibility index (Phi) is 5.31. The molecule has 1 aliphatic heterocycles. The van der Waals surface area contributed by atoms with Crippen LogP contribution in [0.2, 0.25) is 0 Å². The van der Waals surface area contributed by atoms with E-state index in [0.717, 1.165) is 0 Å². The molecular weight excluding hydrogens is 314 g/mol. The predicted octanol–water partition coefficient (Wildman–Crippen LogP) is 1.60. The molecule has 0 bridgehead atoms. The molecule has 1 aliphatic rings. The Balaban J connectivity index is 2.21. The Bertz CT molecular complexity index is 644. The minimum Gasteiger partial charge on any atom is -0.334 e. The van der Waals surface area contributed by atoms with Crippen molar-refractivity contribution >= 4 is 16.1 Å². The average molecular weight is 339 g/mol. The quantitative estimate of drug-likeness (QED) is 0.906. The third-order valence-electron chi connectivity index (χ3n) is 4.28. The zero-order chi connectivity index (χ0) is 17.2. The molecule has 1 aromatic carbocycles. The van der Waals surface area contributed by atoms with Gasteiger partial charge < -0.3 is 10.2 Å². The van der Waals surface area contributed by atoms with Crippen molar-refractivity contribution in [2.24, 2.45) is 11.8 Å². The number of urea groups is 1. The van der Waals surface area contributed by atoms with E-state index >= 15 is 0 Å². The first-order chi connectivity index (χ1) is 10.7. The van der Waals surface area contributed by atoms with E-state index in [9.17, 15) is 13.2 Å². The first-order valence-corrected chi connectivity index (χ1v) is 9.20. The number of nitrogens with one attached hydrogen (secondary N) is 1. The highest BCUT2D eigenvalue weighted by Crippen LogP contribution is 2.29. The van der Waals surface area contributed by atoms with Gasteiger partial charge in [0.05, 0.1) is 4.90 Å². The number of rotatable bonds is 4. The lowest BCUT2D eigenvalue weighted by atomic mass is 9.91. The summed E-state index contributed by atoms with van der Waals surface area (Å²) in [5.74, 6) is 0.371. The van der Waals surface area contributed by atoms with Crippen LogP contribution in [0.1, 0.15) is 13.8 Å². The van der Waals surface area contributed by atoms with Crippen molar-refractivity contribution in [1.82, 2.24) is 14.5 Å². The van der Waals surface area contributed by atoms with Crippen LogP contribution >= 0.6 is 0 Å². The fourth-order valence-electron chi connectivity index (χ4n) is 2.85. The summed E-state index contributed by atoms with van der Waals surface area (Å²) in [6.45, 7) is 4.84. The third kappa shape index (κ3) is 3.84. The van der Waals surface area contributed by atoms with Gasteiger partial charge in [-0.2, -0.15) is 4.31 Å². The van der Waals surface area contributed by atoms with Crippen molar-refractivity contribution in [2.75, 3.05) is 27.2 Å². The molecule has 1 fully saturated rings. The molecule has 6 nitrogen and oxygen atoms in total. The van der Waals surface area contributed by atoms with E-state index in [4.69, 9.17) is 0 Å². The summed E-state index contributed by atoms with van der Waals surface area (Å²) in [5, 5.41) is 2.94. The van der Waals surface area contributed by atoms with Gasteiger partial charge in [0.1, 0.15) is 0 Å². The highest BCUT2D eigenvalue weighted by Gasteiger charge is 2.41. The Morgan fingerprint density at radius 2 is 1.83 bits per heavy atom. The van der Waals surface area contributed by atoms with Gasteiger partial charge in [0.25, 0.3) is 0 Å². The molecule has 2 rings (SSSR count). The van der Waals surface area contributed by atoms with E-state index in [-0.39, 0.29) is 23.9 Å². The smallest absolute Gasteiger partial charge is 0.317 e. The minimum absolute atomic E-state index is 0.0948. The molecule has 0 aliphatic carbocycles. The van der Waals surface area contributed by atoms with Crippen LogP contribution in [-0.2, 0) is 10.0 Å². The second-order valence-corrected chi connectivity index (χ2v) is 8.43. The number of carbonyl (C=O) groups is 1. The number of benzene rings is 1. The van der Waals surface area contributed by atoms with Gasteiger partial charge in [-0.3, -0.25) is 0 Å². The Morgan fingerprint density at radius 1 is 1.22 bits per heavy atom. The maximum absolute atomic E-state index is 12.8. The maximum Gasteiger partial charge on any atom is 0.317 e. The maximum atomic E-state index is 12.8. The van der Waals surface area contributed by atoms with Gasteiger partial charge in [0.2, 0.25) is 10.0 Å². The summed E-state index contributed by atoms with van der Waals surface area (Å²) in [4.78, 5) is 13.7. The molecule has 0 saturated carbocycles. The first kappa shape index (κ1) is 17.7. The summed E-state index contributed by atoms with van der Waals surface area (Å²) < 4.78 is 27.0. The van der Waals surface area contributed by atoms with E-state index < -0.39 is 10.0 Å². The second-order valence-electron chi connectivity index (χ2n) is 6.49.